The molecular formula is C24H26N2OS. The molecule has 0 amide bonds. The van der Waals surface area contributed by atoms with Gasteiger partial charge in [-0.3, -0.25) is 0 Å². The number of hydrogen-bond donors (Lipinski definition) is 1. The third-order valence-corrected chi connectivity index (χ3v) is 4.81. The second kappa shape index (κ2) is 10.5. The first kappa shape index (κ1) is 19.9. The minimum absolute atomic E-state index is 0.618. The van der Waals surface area contributed by atoms with Crippen molar-refractivity contribution >= 4 is 23.0 Å². The van der Waals surface area contributed by atoms with E-state index in [1.807, 2.05) is 43.3 Å². The molecule has 0 fully saturated rings. The molecule has 28 heavy (non-hydrogen) atoms. The highest BCUT2D eigenvalue weighted by molar-refractivity contribution is 7.80. The highest BCUT2D eigenvalue weighted by atomic mass is 32.1. The summed E-state index contributed by atoms with van der Waals surface area (Å²) in [5.41, 5.74) is 3.43. The highest BCUT2D eigenvalue weighted by Gasteiger charge is 2.13. The Morgan fingerprint density at radius 1 is 0.857 bits per heavy atom. The van der Waals surface area contributed by atoms with E-state index in [0.717, 1.165) is 30.9 Å². The lowest BCUT2D eigenvalue weighted by molar-refractivity contribution is 0.342. The zero-order valence-corrected chi connectivity index (χ0v) is 17.0. The first-order valence-corrected chi connectivity index (χ1v) is 10.0. The minimum Gasteiger partial charge on any atom is -0.492 e. The predicted molar refractivity (Wildman–Crippen MR) is 121 cm³/mol. The Labute approximate surface area is 173 Å². The number of thiocarbonyl (C=S) groups is 1. The molecule has 1 N–H and O–H groups in total. The first-order valence-electron chi connectivity index (χ1n) is 9.62. The molecule has 3 aromatic carbocycles. The average molecular weight is 391 g/mol. The molecule has 0 aliphatic rings. The van der Waals surface area contributed by atoms with E-state index in [1.165, 1.54) is 11.1 Å². The van der Waals surface area contributed by atoms with Gasteiger partial charge in [0.1, 0.15) is 5.75 Å². The van der Waals surface area contributed by atoms with Crippen molar-refractivity contribution in [2.45, 2.75) is 19.9 Å². The second-order valence-corrected chi connectivity index (χ2v) is 6.89. The Balaban J connectivity index is 1.74. The van der Waals surface area contributed by atoms with Gasteiger partial charge in [0, 0.05) is 13.1 Å². The zero-order valence-electron chi connectivity index (χ0n) is 16.2. The first-order chi connectivity index (χ1) is 13.8. The zero-order chi connectivity index (χ0) is 19.6. The Kier molecular flexibility index (Phi) is 7.44. The van der Waals surface area contributed by atoms with E-state index in [1.54, 1.807) is 0 Å². The van der Waals surface area contributed by atoms with Gasteiger partial charge < -0.3 is 15.0 Å². The lowest BCUT2D eigenvalue weighted by Crippen LogP contribution is -2.36. The molecule has 4 heteroatoms. The van der Waals surface area contributed by atoms with Gasteiger partial charge in [-0.25, -0.2) is 0 Å². The van der Waals surface area contributed by atoms with E-state index in [-0.39, 0.29) is 0 Å². The number of anilines is 1. The molecule has 0 saturated carbocycles. The highest BCUT2D eigenvalue weighted by Crippen LogP contribution is 2.24. The fraction of sp³-hybridized carbons (Fsp3) is 0.208. The van der Waals surface area contributed by atoms with Crippen LogP contribution in [-0.2, 0) is 13.0 Å². The third-order valence-electron chi connectivity index (χ3n) is 4.45. The third kappa shape index (κ3) is 5.83. The van der Waals surface area contributed by atoms with Gasteiger partial charge in [-0.1, -0.05) is 72.8 Å². The molecule has 0 radical (unpaired) electrons. The summed E-state index contributed by atoms with van der Waals surface area (Å²) in [4.78, 5) is 2.21. The van der Waals surface area contributed by atoms with Gasteiger partial charge in [0.05, 0.1) is 12.3 Å². The molecule has 0 aliphatic heterocycles. The van der Waals surface area contributed by atoms with Crippen molar-refractivity contribution in [1.82, 2.24) is 4.90 Å². The summed E-state index contributed by atoms with van der Waals surface area (Å²) in [6, 6.07) is 28.8. The van der Waals surface area contributed by atoms with E-state index in [0.29, 0.717) is 11.7 Å². The molecule has 3 aromatic rings. The average Bonchev–Trinajstić information content (AvgIpc) is 2.74. The van der Waals surface area contributed by atoms with Crippen LogP contribution in [0.2, 0.25) is 0 Å². The van der Waals surface area contributed by atoms with Crippen molar-refractivity contribution in [3.8, 4) is 5.75 Å². The van der Waals surface area contributed by atoms with Gasteiger partial charge in [0.15, 0.2) is 5.11 Å². The number of benzene rings is 3. The van der Waals surface area contributed by atoms with Crippen molar-refractivity contribution in [2.24, 2.45) is 0 Å². The van der Waals surface area contributed by atoms with Gasteiger partial charge >= 0.3 is 0 Å². The minimum atomic E-state index is 0.618. The molecule has 0 aromatic heterocycles. The number of ether oxygens (including phenoxy) is 1. The molecule has 144 valence electrons. The Morgan fingerprint density at radius 2 is 1.46 bits per heavy atom. The summed E-state index contributed by atoms with van der Waals surface area (Å²) < 4.78 is 5.72. The smallest absolute Gasteiger partial charge is 0.173 e. The molecule has 0 unspecified atom stereocenters. The predicted octanol–water partition coefficient (Wildman–Crippen LogP) is 5.53. The van der Waals surface area contributed by atoms with Crippen LogP contribution in [0.15, 0.2) is 84.9 Å². The van der Waals surface area contributed by atoms with Crippen LogP contribution >= 0.6 is 12.2 Å². The van der Waals surface area contributed by atoms with E-state index in [9.17, 15) is 0 Å². The number of nitrogens with one attached hydrogen (secondary N) is 1. The largest absolute Gasteiger partial charge is 0.492 e. The molecule has 0 bridgehead atoms. The van der Waals surface area contributed by atoms with Gasteiger partial charge in [-0.15, -0.1) is 0 Å². The van der Waals surface area contributed by atoms with Crippen molar-refractivity contribution in [1.29, 1.82) is 0 Å². The van der Waals surface area contributed by atoms with Crippen LogP contribution in [-0.4, -0.2) is 23.2 Å². The lowest BCUT2D eigenvalue weighted by atomic mass is 10.1. The van der Waals surface area contributed by atoms with Gasteiger partial charge in [-0.2, -0.15) is 0 Å². The van der Waals surface area contributed by atoms with Crippen LogP contribution in [0.5, 0.6) is 5.75 Å². The van der Waals surface area contributed by atoms with E-state index in [4.69, 9.17) is 17.0 Å². The Hall–Kier alpha value is -2.85. The van der Waals surface area contributed by atoms with Crippen LogP contribution < -0.4 is 10.1 Å². The van der Waals surface area contributed by atoms with Crippen molar-refractivity contribution in [3.05, 3.63) is 96.1 Å². The lowest BCUT2D eigenvalue weighted by Gasteiger charge is -2.27. The SMILES string of the molecule is CCOc1ccccc1NC(=S)N(CCc1ccccc1)Cc1ccccc1. The Morgan fingerprint density at radius 3 is 2.14 bits per heavy atom. The summed E-state index contributed by atoms with van der Waals surface area (Å²) in [7, 11) is 0. The van der Waals surface area contributed by atoms with E-state index in [2.05, 4.69) is 58.7 Å². The maximum atomic E-state index is 5.78. The van der Waals surface area contributed by atoms with Gasteiger partial charge in [-0.05, 0) is 48.8 Å². The summed E-state index contributed by atoms with van der Waals surface area (Å²) >= 11 is 5.78. The molecule has 0 heterocycles. The molecular weight excluding hydrogens is 364 g/mol. The van der Waals surface area contributed by atoms with Crippen LogP contribution in [0.3, 0.4) is 0 Å². The number of para-hydroxylation sites is 2. The second-order valence-electron chi connectivity index (χ2n) is 6.50. The normalized spacial score (nSPS) is 10.3. The van der Waals surface area contributed by atoms with Crippen LogP contribution in [0.1, 0.15) is 18.1 Å². The molecule has 0 spiro atoms. The van der Waals surface area contributed by atoms with Crippen molar-refractivity contribution in [3.63, 3.8) is 0 Å². The molecule has 0 aliphatic carbocycles. The molecule has 3 nitrogen and oxygen atoms in total. The van der Waals surface area contributed by atoms with Crippen molar-refractivity contribution < 1.29 is 4.74 Å². The van der Waals surface area contributed by atoms with Crippen LogP contribution in [0.4, 0.5) is 5.69 Å². The molecule has 0 saturated heterocycles. The van der Waals surface area contributed by atoms with Crippen LogP contribution in [0, 0.1) is 0 Å². The topological polar surface area (TPSA) is 24.5 Å². The summed E-state index contributed by atoms with van der Waals surface area (Å²) in [5, 5.41) is 4.09. The maximum Gasteiger partial charge on any atom is 0.173 e. The van der Waals surface area contributed by atoms with Crippen molar-refractivity contribution in [2.75, 3.05) is 18.5 Å². The van der Waals surface area contributed by atoms with E-state index >= 15 is 0 Å². The van der Waals surface area contributed by atoms with E-state index < -0.39 is 0 Å². The fourth-order valence-electron chi connectivity index (χ4n) is 3.01. The standard InChI is InChI=1S/C24H26N2OS/c1-2-27-23-16-10-9-15-22(23)25-24(28)26(19-21-13-7-4-8-14-21)18-17-20-11-5-3-6-12-20/h3-16H,2,17-19H2,1H3,(H,25,28). The molecule has 3 rings (SSSR count). The summed E-state index contributed by atoms with van der Waals surface area (Å²) in [6.45, 7) is 4.20. The van der Waals surface area contributed by atoms with Gasteiger partial charge in [0.2, 0.25) is 0 Å². The number of hydrogen-bond acceptors (Lipinski definition) is 2. The number of nitrogens with zero attached hydrogens (tertiary/aromatic N) is 1. The molecule has 0 atom stereocenters. The number of rotatable bonds is 8. The van der Waals surface area contributed by atoms with Gasteiger partial charge in [0.25, 0.3) is 0 Å². The fourth-order valence-corrected chi connectivity index (χ4v) is 3.28. The van der Waals surface area contributed by atoms with Crippen LogP contribution in [0.25, 0.3) is 0 Å². The summed E-state index contributed by atoms with van der Waals surface area (Å²) in [6.07, 6.45) is 0.933. The quantitative estimate of drug-likeness (QED) is 0.511. The summed E-state index contributed by atoms with van der Waals surface area (Å²) in [5.74, 6) is 0.815. The Bertz CT molecular complexity index is 868. The maximum absolute atomic E-state index is 5.78. The monoisotopic (exact) mass is 390 g/mol.